The maximum Gasteiger partial charge on any atom is 0.0179 e. The summed E-state index contributed by atoms with van der Waals surface area (Å²) in [7, 11) is 4.50. The summed E-state index contributed by atoms with van der Waals surface area (Å²) in [5.74, 6) is 2.05. The van der Waals surface area contributed by atoms with Crippen molar-refractivity contribution in [2.75, 3.05) is 0 Å². The molecule has 2 heteroatoms. The Morgan fingerprint density at radius 3 is 1.56 bits per heavy atom. The van der Waals surface area contributed by atoms with Crippen LogP contribution in [0.5, 0.6) is 0 Å². The highest BCUT2D eigenvalue weighted by Gasteiger charge is 2.31. The van der Waals surface area contributed by atoms with Gasteiger partial charge in [-0.3, -0.25) is 0 Å². The van der Waals surface area contributed by atoms with Crippen molar-refractivity contribution in [2.24, 2.45) is 11.8 Å². The van der Waals surface area contributed by atoms with Gasteiger partial charge in [0, 0.05) is 10.5 Å². The first-order valence-corrected chi connectivity index (χ1v) is 9.44. The van der Waals surface area contributed by atoms with Crippen molar-refractivity contribution in [3.05, 3.63) is 0 Å². The molecule has 0 aromatic rings. The first-order chi connectivity index (χ1) is 7.85. The SMILES string of the molecule is CCC1CCCC1SSC1CCCC1CC. The third-order valence-electron chi connectivity index (χ3n) is 4.53. The van der Waals surface area contributed by atoms with E-state index in [1.54, 1.807) is 0 Å². The monoisotopic (exact) mass is 258 g/mol. The zero-order valence-electron chi connectivity index (χ0n) is 10.8. The van der Waals surface area contributed by atoms with Crippen molar-refractivity contribution >= 4 is 21.6 Å². The molecule has 16 heavy (non-hydrogen) atoms. The van der Waals surface area contributed by atoms with E-state index in [0.717, 1.165) is 22.3 Å². The second-order valence-electron chi connectivity index (χ2n) is 5.47. The molecule has 2 saturated carbocycles. The second-order valence-corrected chi connectivity index (χ2v) is 8.22. The molecule has 0 saturated heterocycles. The molecule has 94 valence electrons. The van der Waals surface area contributed by atoms with Crippen molar-refractivity contribution in [3.63, 3.8) is 0 Å². The van der Waals surface area contributed by atoms with Crippen molar-refractivity contribution in [2.45, 2.75) is 75.7 Å². The molecule has 2 aliphatic rings. The van der Waals surface area contributed by atoms with Crippen LogP contribution in [0.1, 0.15) is 65.2 Å². The van der Waals surface area contributed by atoms with Gasteiger partial charge in [-0.2, -0.15) is 0 Å². The summed E-state index contributed by atoms with van der Waals surface area (Å²) in [6, 6.07) is 0. The van der Waals surface area contributed by atoms with E-state index in [2.05, 4.69) is 35.4 Å². The van der Waals surface area contributed by atoms with Gasteiger partial charge in [-0.05, 0) is 37.5 Å². The molecule has 4 atom stereocenters. The molecule has 0 heterocycles. The third kappa shape index (κ3) is 3.13. The molecule has 0 aromatic carbocycles. The fourth-order valence-corrected chi connectivity index (χ4v) is 7.49. The minimum Gasteiger partial charge on any atom is -0.0901 e. The second kappa shape index (κ2) is 6.58. The zero-order chi connectivity index (χ0) is 11.4. The molecule has 2 fully saturated rings. The van der Waals surface area contributed by atoms with Crippen LogP contribution < -0.4 is 0 Å². The van der Waals surface area contributed by atoms with Gasteiger partial charge in [-0.15, -0.1) is 0 Å². The van der Waals surface area contributed by atoms with Crippen LogP contribution in [0.4, 0.5) is 0 Å². The summed E-state index contributed by atoms with van der Waals surface area (Å²) in [6.07, 6.45) is 11.7. The smallest absolute Gasteiger partial charge is 0.0179 e. The van der Waals surface area contributed by atoms with Crippen molar-refractivity contribution in [1.29, 1.82) is 0 Å². The lowest BCUT2D eigenvalue weighted by atomic mass is 10.1. The predicted octanol–water partition coefficient (Wildman–Crippen LogP) is 5.53. The van der Waals surface area contributed by atoms with E-state index in [0.29, 0.717) is 0 Å². The summed E-state index contributed by atoms with van der Waals surface area (Å²) < 4.78 is 0. The number of rotatable bonds is 5. The van der Waals surface area contributed by atoms with E-state index in [1.807, 2.05) is 0 Å². The van der Waals surface area contributed by atoms with Gasteiger partial charge in [0.25, 0.3) is 0 Å². The van der Waals surface area contributed by atoms with E-state index in [1.165, 1.54) is 51.4 Å². The Labute approximate surface area is 109 Å². The van der Waals surface area contributed by atoms with E-state index in [9.17, 15) is 0 Å². The summed E-state index contributed by atoms with van der Waals surface area (Å²) in [4.78, 5) is 0. The van der Waals surface area contributed by atoms with Crippen LogP contribution in [0.25, 0.3) is 0 Å². The molecule has 0 aromatic heterocycles. The van der Waals surface area contributed by atoms with Crippen LogP contribution in [0, 0.1) is 11.8 Å². The quantitative estimate of drug-likeness (QED) is 0.595. The van der Waals surface area contributed by atoms with E-state index in [-0.39, 0.29) is 0 Å². The summed E-state index contributed by atoms with van der Waals surface area (Å²) in [5.41, 5.74) is 0. The standard InChI is InChI=1S/C14H26S2/c1-3-11-7-5-9-13(11)15-16-14-10-6-8-12(14)4-2/h11-14H,3-10H2,1-2H3. The van der Waals surface area contributed by atoms with E-state index < -0.39 is 0 Å². The average Bonchev–Trinajstić information content (AvgIpc) is 2.94. The molecule has 2 rings (SSSR count). The molecule has 0 radical (unpaired) electrons. The van der Waals surface area contributed by atoms with Crippen LogP contribution in [0.2, 0.25) is 0 Å². The Bertz CT molecular complexity index is 183. The first kappa shape index (κ1) is 13.1. The number of hydrogen-bond donors (Lipinski definition) is 0. The lowest BCUT2D eigenvalue weighted by Gasteiger charge is -2.21. The maximum atomic E-state index is 2.37. The maximum absolute atomic E-state index is 2.37. The normalized spacial score (nSPS) is 39.4. The first-order valence-electron chi connectivity index (χ1n) is 7.17. The molecule has 0 nitrogen and oxygen atoms in total. The molecule has 0 aliphatic heterocycles. The lowest BCUT2D eigenvalue weighted by molar-refractivity contribution is 0.540. The zero-order valence-corrected chi connectivity index (χ0v) is 12.4. The molecule has 2 aliphatic carbocycles. The third-order valence-corrected chi connectivity index (χ3v) is 8.19. The van der Waals surface area contributed by atoms with Crippen LogP contribution in [0.3, 0.4) is 0 Å². The average molecular weight is 258 g/mol. The van der Waals surface area contributed by atoms with Crippen LogP contribution in [-0.2, 0) is 0 Å². The van der Waals surface area contributed by atoms with Crippen molar-refractivity contribution in [3.8, 4) is 0 Å². The number of hydrogen-bond acceptors (Lipinski definition) is 2. The van der Waals surface area contributed by atoms with E-state index >= 15 is 0 Å². The highest BCUT2D eigenvalue weighted by atomic mass is 33.1. The topological polar surface area (TPSA) is 0 Å². The fourth-order valence-electron chi connectivity index (χ4n) is 3.34. The summed E-state index contributed by atoms with van der Waals surface area (Å²) >= 11 is 0. The van der Waals surface area contributed by atoms with Gasteiger partial charge in [0.15, 0.2) is 0 Å². The minimum atomic E-state index is 0.980. The van der Waals surface area contributed by atoms with Gasteiger partial charge >= 0.3 is 0 Å². The predicted molar refractivity (Wildman–Crippen MR) is 78.0 cm³/mol. The van der Waals surface area contributed by atoms with Gasteiger partial charge in [-0.25, -0.2) is 0 Å². The van der Waals surface area contributed by atoms with Crippen LogP contribution in [-0.4, -0.2) is 10.5 Å². The Balaban J connectivity index is 1.74. The van der Waals surface area contributed by atoms with Gasteiger partial charge in [0.1, 0.15) is 0 Å². The molecule has 0 bridgehead atoms. The molecule has 0 spiro atoms. The highest BCUT2D eigenvalue weighted by Crippen LogP contribution is 2.48. The molecular formula is C14H26S2. The molecule has 4 unspecified atom stereocenters. The lowest BCUT2D eigenvalue weighted by Crippen LogP contribution is -2.11. The van der Waals surface area contributed by atoms with E-state index in [4.69, 9.17) is 0 Å². The van der Waals surface area contributed by atoms with Crippen molar-refractivity contribution < 1.29 is 0 Å². The fraction of sp³-hybridized carbons (Fsp3) is 1.00. The van der Waals surface area contributed by atoms with Crippen molar-refractivity contribution in [1.82, 2.24) is 0 Å². The van der Waals surface area contributed by atoms with Gasteiger partial charge < -0.3 is 0 Å². The summed E-state index contributed by atoms with van der Waals surface area (Å²) in [5, 5.41) is 1.96. The molecular weight excluding hydrogens is 232 g/mol. The highest BCUT2D eigenvalue weighted by molar-refractivity contribution is 8.77. The Morgan fingerprint density at radius 1 is 0.750 bits per heavy atom. The van der Waals surface area contributed by atoms with Crippen LogP contribution in [0.15, 0.2) is 0 Å². The Morgan fingerprint density at radius 2 is 1.19 bits per heavy atom. The van der Waals surface area contributed by atoms with Gasteiger partial charge in [0.2, 0.25) is 0 Å². The van der Waals surface area contributed by atoms with Gasteiger partial charge in [0.05, 0.1) is 0 Å². The largest absolute Gasteiger partial charge is 0.0901 e. The summed E-state index contributed by atoms with van der Waals surface area (Å²) in [6.45, 7) is 4.75. The molecule has 0 amide bonds. The Hall–Kier alpha value is 0.700. The Kier molecular flexibility index (Phi) is 5.41. The minimum absolute atomic E-state index is 0.980. The van der Waals surface area contributed by atoms with Crippen LogP contribution >= 0.6 is 21.6 Å². The van der Waals surface area contributed by atoms with Gasteiger partial charge in [-0.1, -0.05) is 61.1 Å². The molecule has 0 N–H and O–H groups in total.